The number of benzene rings is 2. The van der Waals surface area contributed by atoms with Crippen LogP contribution in [0.3, 0.4) is 0 Å². The number of nitrogens with two attached hydrogens (primary N) is 1. The summed E-state index contributed by atoms with van der Waals surface area (Å²) in [6.07, 6.45) is 0. The number of rotatable bonds is 5. The molecule has 0 bridgehead atoms. The van der Waals surface area contributed by atoms with E-state index < -0.39 is 10.0 Å². The van der Waals surface area contributed by atoms with Gasteiger partial charge in [0.05, 0.1) is 24.8 Å². The Kier molecular flexibility index (Phi) is 5.24. The zero-order valence-corrected chi connectivity index (χ0v) is 15.7. The molecule has 2 N–H and O–H groups in total. The number of methoxy groups -OCH3 is 2. The van der Waals surface area contributed by atoms with Crippen LogP contribution in [0.25, 0.3) is 0 Å². The monoisotopic (exact) mass is 377 g/mol. The second kappa shape index (κ2) is 7.43. The Bertz CT molecular complexity index is 861. The standard InChI is InChI=1S/C18H23N3O4S/c1-24-15-5-8-17(18(13-15)25-2)20-9-11-21(12-10-20)26(22,23)16-6-3-14(19)4-7-16/h3-8,13H,9-12,19H2,1-2H3. The summed E-state index contributed by atoms with van der Waals surface area (Å²) in [6.45, 7) is 1.97. The summed E-state index contributed by atoms with van der Waals surface area (Å²) in [7, 11) is -0.293. The Morgan fingerprint density at radius 3 is 2.15 bits per heavy atom. The fourth-order valence-electron chi connectivity index (χ4n) is 3.00. The van der Waals surface area contributed by atoms with E-state index in [4.69, 9.17) is 15.2 Å². The molecule has 0 amide bonds. The Balaban J connectivity index is 1.74. The van der Waals surface area contributed by atoms with Crippen LogP contribution >= 0.6 is 0 Å². The van der Waals surface area contributed by atoms with Crippen molar-refractivity contribution in [1.29, 1.82) is 0 Å². The molecule has 3 rings (SSSR count). The number of hydrogen-bond donors (Lipinski definition) is 1. The second-order valence-corrected chi connectivity index (χ2v) is 7.94. The van der Waals surface area contributed by atoms with Crippen molar-refractivity contribution in [1.82, 2.24) is 4.31 Å². The molecule has 0 radical (unpaired) electrons. The van der Waals surface area contributed by atoms with Crippen molar-refractivity contribution >= 4 is 21.4 Å². The zero-order chi connectivity index (χ0) is 18.7. The van der Waals surface area contributed by atoms with E-state index in [0.717, 1.165) is 11.4 Å². The van der Waals surface area contributed by atoms with Crippen molar-refractivity contribution in [2.75, 3.05) is 51.0 Å². The Morgan fingerprint density at radius 1 is 0.923 bits per heavy atom. The van der Waals surface area contributed by atoms with E-state index in [9.17, 15) is 8.42 Å². The molecule has 1 aliphatic rings. The number of sulfonamides is 1. The molecule has 1 aliphatic heterocycles. The maximum absolute atomic E-state index is 12.8. The van der Waals surface area contributed by atoms with Gasteiger partial charge in [0.2, 0.25) is 10.0 Å². The van der Waals surface area contributed by atoms with Crippen molar-refractivity contribution in [3.63, 3.8) is 0 Å². The zero-order valence-electron chi connectivity index (χ0n) is 14.9. The van der Waals surface area contributed by atoms with Gasteiger partial charge >= 0.3 is 0 Å². The van der Waals surface area contributed by atoms with Crippen molar-refractivity contribution in [2.24, 2.45) is 0 Å². The molecule has 0 aromatic heterocycles. The molecule has 0 spiro atoms. The van der Waals surface area contributed by atoms with Gasteiger partial charge in [-0.15, -0.1) is 0 Å². The summed E-state index contributed by atoms with van der Waals surface area (Å²) in [5.41, 5.74) is 7.11. The largest absolute Gasteiger partial charge is 0.497 e. The molecule has 0 atom stereocenters. The van der Waals surface area contributed by atoms with Crippen LogP contribution in [0.2, 0.25) is 0 Å². The first kappa shape index (κ1) is 18.3. The third-order valence-electron chi connectivity index (χ3n) is 4.48. The topological polar surface area (TPSA) is 85.1 Å². The maximum Gasteiger partial charge on any atom is 0.243 e. The number of ether oxygens (including phenoxy) is 2. The van der Waals surface area contributed by atoms with E-state index in [1.807, 2.05) is 18.2 Å². The van der Waals surface area contributed by atoms with E-state index in [2.05, 4.69) is 4.90 Å². The molecule has 0 aliphatic carbocycles. The maximum atomic E-state index is 12.8. The number of piperazine rings is 1. The molecule has 2 aromatic carbocycles. The summed E-state index contributed by atoms with van der Waals surface area (Å²) in [5.74, 6) is 1.43. The predicted octanol–water partition coefficient (Wildman–Crippen LogP) is 1.80. The van der Waals surface area contributed by atoms with Gasteiger partial charge in [-0.1, -0.05) is 0 Å². The van der Waals surface area contributed by atoms with Gasteiger partial charge in [-0.05, 0) is 36.4 Å². The summed E-state index contributed by atoms with van der Waals surface area (Å²) in [5, 5.41) is 0. The van der Waals surface area contributed by atoms with Crippen LogP contribution < -0.4 is 20.1 Å². The highest BCUT2D eigenvalue weighted by Crippen LogP contribution is 2.33. The van der Waals surface area contributed by atoms with Gasteiger partial charge < -0.3 is 20.1 Å². The highest BCUT2D eigenvalue weighted by Gasteiger charge is 2.29. The van der Waals surface area contributed by atoms with Crippen molar-refractivity contribution in [2.45, 2.75) is 4.90 Å². The number of hydrogen-bond acceptors (Lipinski definition) is 6. The van der Waals surface area contributed by atoms with Crippen LogP contribution in [-0.2, 0) is 10.0 Å². The first-order valence-electron chi connectivity index (χ1n) is 8.28. The average Bonchev–Trinajstić information content (AvgIpc) is 2.68. The molecule has 26 heavy (non-hydrogen) atoms. The molecule has 7 nitrogen and oxygen atoms in total. The second-order valence-electron chi connectivity index (χ2n) is 6.00. The van der Waals surface area contributed by atoms with Crippen LogP contribution in [0.1, 0.15) is 0 Å². The van der Waals surface area contributed by atoms with E-state index >= 15 is 0 Å². The summed E-state index contributed by atoms with van der Waals surface area (Å²) >= 11 is 0. The third kappa shape index (κ3) is 3.56. The van der Waals surface area contributed by atoms with Gasteiger partial charge in [0, 0.05) is 37.9 Å². The lowest BCUT2D eigenvalue weighted by Crippen LogP contribution is -2.48. The minimum atomic E-state index is -3.51. The van der Waals surface area contributed by atoms with Gasteiger partial charge in [0.25, 0.3) is 0 Å². The van der Waals surface area contributed by atoms with Crippen LogP contribution in [0.15, 0.2) is 47.4 Å². The minimum Gasteiger partial charge on any atom is -0.497 e. The SMILES string of the molecule is COc1ccc(N2CCN(S(=O)(=O)c3ccc(N)cc3)CC2)c(OC)c1. The molecule has 1 fully saturated rings. The fraction of sp³-hybridized carbons (Fsp3) is 0.333. The van der Waals surface area contributed by atoms with Crippen LogP contribution in [0.4, 0.5) is 11.4 Å². The van der Waals surface area contributed by atoms with E-state index in [1.54, 1.807) is 38.5 Å². The van der Waals surface area contributed by atoms with Gasteiger partial charge in [-0.25, -0.2) is 8.42 Å². The molecule has 1 saturated heterocycles. The van der Waals surface area contributed by atoms with Gasteiger partial charge in [-0.2, -0.15) is 4.31 Å². The fourth-order valence-corrected chi connectivity index (χ4v) is 4.43. The highest BCUT2D eigenvalue weighted by atomic mass is 32.2. The van der Waals surface area contributed by atoms with Gasteiger partial charge in [0.1, 0.15) is 11.5 Å². The Labute approximate surface area is 154 Å². The van der Waals surface area contributed by atoms with E-state index in [-0.39, 0.29) is 4.90 Å². The first-order chi connectivity index (χ1) is 12.5. The highest BCUT2D eigenvalue weighted by molar-refractivity contribution is 7.89. The van der Waals surface area contributed by atoms with Crippen LogP contribution in [-0.4, -0.2) is 53.1 Å². The average molecular weight is 377 g/mol. The number of nitrogens with zero attached hydrogens (tertiary/aromatic N) is 2. The molecule has 140 valence electrons. The lowest BCUT2D eigenvalue weighted by molar-refractivity contribution is 0.375. The quantitative estimate of drug-likeness (QED) is 0.800. The predicted molar refractivity (Wildman–Crippen MR) is 101 cm³/mol. The van der Waals surface area contributed by atoms with Gasteiger partial charge in [-0.3, -0.25) is 0 Å². The van der Waals surface area contributed by atoms with Crippen molar-refractivity contribution in [3.8, 4) is 11.5 Å². The van der Waals surface area contributed by atoms with Crippen LogP contribution in [0.5, 0.6) is 11.5 Å². The van der Waals surface area contributed by atoms with Crippen molar-refractivity contribution in [3.05, 3.63) is 42.5 Å². The first-order valence-corrected chi connectivity index (χ1v) is 9.72. The third-order valence-corrected chi connectivity index (χ3v) is 6.40. The van der Waals surface area contributed by atoms with E-state index in [0.29, 0.717) is 37.6 Å². The van der Waals surface area contributed by atoms with Gasteiger partial charge in [0.15, 0.2) is 0 Å². The molecule has 8 heteroatoms. The normalized spacial score (nSPS) is 15.7. The summed E-state index contributed by atoms with van der Waals surface area (Å²) < 4.78 is 37.7. The van der Waals surface area contributed by atoms with Crippen molar-refractivity contribution < 1.29 is 17.9 Å². The number of anilines is 2. The number of nitrogen functional groups attached to an aromatic ring is 1. The Morgan fingerprint density at radius 2 is 1.58 bits per heavy atom. The lowest BCUT2D eigenvalue weighted by atomic mass is 10.2. The molecular formula is C18H23N3O4S. The van der Waals surface area contributed by atoms with Crippen LogP contribution in [0, 0.1) is 0 Å². The molecule has 1 heterocycles. The summed E-state index contributed by atoms with van der Waals surface area (Å²) in [6, 6.07) is 11.9. The smallest absolute Gasteiger partial charge is 0.243 e. The van der Waals surface area contributed by atoms with E-state index in [1.165, 1.54) is 4.31 Å². The lowest BCUT2D eigenvalue weighted by Gasteiger charge is -2.36. The molecule has 2 aromatic rings. The minimum absolute atomic E-state index is 0.266. The molecule has 0 unspecified atom stereocenters. The Hall–Kier alpha value is -2.45. The molecule has 0 saturated carbocycles. The molecular weight excluding hydrogens is 354 g/mol. The summed E-state index contributed by atoms with van der Waals surface area (Å²) in [4.78, 5) is 2.38.